The van der Waals surface area contributed by atoms with Crippen LogP contribution in [0.4, 0.5) is 5.69 Å². The molecule has 0 heterocycles. The summed E-state index contributed by atoms with van der Waals surface area (Å²) < 4.78 is 1.04. The van der Waals surface area contributed by atoms with Gasteiger partial charge in [-0.15, -0.1) is 0 Å². The summed E-state index contributed by atoms with van der Waals surface area (Å²) in [6.45, 7) is 3.89. The second-order valence-electron chi connectivity index (χ2n) is 4.06. The summed E-state index contributed by atoms with van der Waals surface area (Å²) in [4.78, 5) is 13.2. The zero-order valence-electron chi connectivity index (χ0n) is 10.0. The van der Waals surface area contributed by atoms with E-state index >= 15 is 0 Å². The second kappa shape index (κ2) is 5.34. The molecule has 0 fully saturated rings. The first kappa shape index (κ1) is 13.0. The highest BCUT2D eigenvalue weighted by Crippen LogP contribution is 2.21. The van der Waals surface area contributed by atoms with Crippen molar-refractivity contribution in [3.05, 3.63) is 28.2 Å². The molecule has 0 aromatic heterocycles. The van der Waals surface area contributed by atoms with E-state index in [1.807, 2.05) is 32.0 Å². The Labute approximate surface area is 105 Å². The summed E-state index contributed by atoms with van der Waals surface area (Å²) in [5.41, 5.74) is 2.12. The molecular formula is C12H17BrN2O. The van der Waals surface area contributed by atoms with Gasteiger partial charge < -0.3 is 10.2 Å². The van der Waals surface area contributed by atoms with Gasteiger partial charge in [0.2, 0.25) is 5.91 Å². The molecular weight excluding hydrogens is 268 g/mol. The minimum atomic E-state index is -0.218. The number of anilines is 1. The molecule has 0 saturated carbocycles. The molecule has 1 atom stereocenters. The number of carbonyl (C=O) groups is 1. The van der Waals surface area contributed by atoms with Crippen molar-refractivity contribution in [2.45, 2.75) is 19.9 Å². The molecule has 16 heavy (non-hydrogen) atoms. The number of nitrogens with one attached hydrogen (secondary N) is 1. The smallest absolute Gasteiger partial charge is 0.244 e. The molecule has 0 aliphatic heterocycles. The van der Waals surface area contributed by atoms with E-state index in [1.165, 1.54) is 5.56 Å². The van der Waals surface area contributed by atoms with Crippen LogP contribution in [-0.4, -0.2) is 30.9 Å². The number of likely N-dealkylation sites (N-methyl/N-ethyl adjacent to an activating group) is 1. The highest BCUT2D eigenvalue weighted by molar-refractivity contribution is 9.10. The summed E-state index contributed by atoms with van der Waals surface area (Å²) in [7, 11) is 3.51. The van der Waals surface area contributed by atoms with Gasteiger partial charge in [0.25, 0.3) is 0 Å². The molecule has 0 spiro atoms. The molecule has 0 bridgehead atoms. The van der Waals surface area contributed by atoms with Crippen molar-refractivity contribution in [2.75, 3.05) is 19.4 Å². The highest BCUT2D eigenvalue weighted by Gasteiger charge is 2.14. The van der Waals surface area contributed by atoms with E-state index < -0.39 is 0 Å². The second-order valence-corrected chi connectivity index (χ2v) is 4.92. The van der Waals surface area contributed by atoms with E-state index in [4.69, 9.17) is 0 Å². The zero-order valence-corrected chi connectivity index (χ0v) is 11.6. The lowest BCUT2D eigenvalue weighted by atomic mass is 10.2. The third-order valence-corrected chi connectivity index (χ3v) is 3.22. The van der Waals surface area contributed by atoms with Crippen molar-refractivity contribution >= 4 is 27.5 Å². The normalized spacial score (nSPS) is 12.1. The Morgan fingerprint density at radius 2 is 2.06 bits per heavy atom. The average Bonchev–Trinajstić information content (AvgIpc) is 2.22. The summed E-state index contributed by atoms with van der Waals surface area (Å²) in [6.07, 6.45) is 0. The van der Waals surface area contributed by atoms with Crippen LogP contribution in [0.15, 0.2) is 22.7 Å². The number of halogens is 1. The highest BCUT2D eigenvalue weighted by atomic mass is 79.9. The predicted molar refractivity (Wildman–Crippen MR) is 70.7 cm³/mol. The third kappa shape index (κ3) is 3.23. The number of hydrogen-bond acceptors (Lipinski definition) is 2. The first-order valence-electron chi connectivity index (χ1n) is 5.15. The van der Waals surface area contributed by atoms with Gasteiger partial charge in [-0.1, -0.05) is 22.0 Å². The maximum absolute atomic E-state index is 11.7. The minimum Gasteiger partial charge on any atom is -0.374 e. The minimum absolute atomic E-state index is 0.0664. The molecule has 1 N–H and O–H groups in total. The number of carbonyl (C=O) groups excluding carboxylic acids is 1. The largest absolute Gasteiger partial charge is 0.374 e. The van der Waals surface area contributed by atoms with Crippen molar-refractivity contribution in [3.63, 3.8) is 0 Å². The molecule has 1 aromatic carbocycles. The van der Waals surface area contributed by atoms with Crippen molar-refractivity contribution < 1.29 is 4.79 Å². The average molecular weight is 285 g/mol. The number of benzene rings is 1. The molecule has 0 aliphatic carbocycles. The van der Waals surface area contributed by atoms with Crippen molar-refractivity contribution in [2.24, 2.45) is 0 Å². The SMILES string of the molecule is Cc1ccc(NC(C)C(=O)N(C)C)cc1Br. The Balaban J connectivity index is 2.73. The maximum Gasteiger partial charge on any atom is 0.244 e. The standard InChI is InChI=1S/C12H17BrN2O/c1-8-5-6-10(7-11(8)13)14-9(2)12(16)15(3)4/h5-7,9,14H,1-4H3. The van der Waals surface area contributed by atoms with Gasteiger partial charge in [-0.2, -0.15) is 0 Å². The van der Waals surface area contributed by atoms with Crippen molar-refractivity contribution in [1.82, 2.24) is 4.90 Å². The van der Waals surface area contributed by atoms with Crippen molar-refractivity contribution in [3.8, 4) is 0 Å². The Bertz CT molecular complexity index is 391. The van der Waals surface area contributed by atoms with Crippen molar-refractivity contribution in [1.29, 1.82) is 0 Å². The predicted octanol–water partition coefficient (Wildman–Crippen LogP) is 2.65. The lowest BCUT2D eigenvalue weighted by Gasteiger charge is -2.19. The quantitative estimate of drug-likeness (QED) is 0.926. The van der Waals surface area contributed by atoms with E-state index in [0.717, 1.165) is 10.2 Å². The fraction of sp³-hybridized carbons (Fsp3) is 0.417. The Kier molecular flexibility index (Phi) is 4.35. The fourth-order valence-electron chi connectivity index (χ4n) is 1.38. The number of amides is 1. The van der Waals surface area contributed by atoms with E-state index in [9.17, 15) is 4.79 Å². The molecule has 4 heteroatoms. The third-order valence-electron chi connectivity index (χ3n) is 2.37. The van der Waals surface area contributed by atoms with Crippen LogP contribution >= 0.6 is 15.9 Å². The molecule has 88 valence electrons. The Morgan fingerprint density at radius 1 is 1.44 bits per heavy atom. The van der Waals surface area contributed by atoms with Gasteiger partial charge >= 0.3 is 0 Å². The van der Waals surface area contributed by atoms with Crippen LogP contribution in [0.25, 0.3) is 0 Å². The lowest BCUT2D eigenvalue weighted by molar-refractivity contribution is -0.129. The molecule has 3 nitrogen and oxygen atoms in total. The Hall–Kier alpha value is -1.03. The van der Waals surface area contributed by atoms with Gasteiger partial charge in [0, 0.05) is 24.3 Å². The van der Waals surface area contributed by atoms with Crippen LogP contribution in [-0.2, 0) is 4.79 Å². The molecule has 0 saturated heterocycles. The van der Waals surface area contributed by atoms with Gasteiger partial charge in [-0.05, 0) is 31.5 Å². The topological polar surface area (TPSA) is 32.3 Å². The number of hydrogen-bond donors (Lipinski definition) is 1. The summed E-state index contributed by atoms with van der Waals surface area (Å²) >= 11 is 3.47. The van der Waals surface area contributed by atoms with Crippen LogP contribution in [0.2, 0.25) is 0 Å². The molecule has 1 rings (SSSR count). The molecule has 1 amide bonds. The maximum atomic E-state index is 11.7. The van der Waals surface area contributed by atoms with E-state index in [1.54, 1.807) is 19.0 Å². The molecule has 1 unspecified atom stereocenters. The van der Waals surface area contributed by atoms with Gasteiger partial charge in [0.15, 0.2) is 0 Å². The Morgan fingerprint density at radius 3 is 2.56 bits per heavy atom. The van der Waals surface area contributed by atoms with Crippen LogP contribution in [0, 0.1) is 6.92 Å². The number of nitrogens with zero attached hydrogens (tertiary/aromatic N) is 1. The van der Waals surface area contributed by atoms with Gasteiger partial charge in [0.1, 0.15) is 6.04 Å². The lowest BCUT2D eigenvalue weighted by Crippen LogP contribution is -2.36. The van der Waals surface area contributed by atoms with Crippen LogP contribution in [0.3, 0.4) is 0 Å². The van der Waals surface area contributed by atoms with Crippen LogP contribution < -0.4 is 5.32 Å². The fourth-order valence-corrected chi connectivity index (χ4v) is 1.76. The van der Waals surface area contributed by atoms with Crippen LogP contribution in [0.5, 0.6) is 0 Å². The van der Waals surface area contributed by atoms with Gasteiger partial charge in [0.05, 0.1) is 0 Å². The zero-order chi connectivity index (χ0) is 12.3. The first-order chi connectivity index (χ1) is 7.41. The van der Waals surface area contributed by atoms with E-state index in [-0.39, 0.29) is 11.9 Å². The van der Waals surface area contributed by atoms with Gasteiger partial charge in [-0.3, -0.25) is 4.79 Å². The van der Waals surface area contributed by atoms with E-state index in [0.29, 0.717) is 0 Å². The van der Waals surface area contributed by atoms with E-state index in [2.05, 4.69) is 21.2 Å². The summed E-state index contributed by atoms with van der Waals surface area (Å²) in [5.74, 6) is 0.0664. The monoisotopic (exact) mass is 284 g/mol. The summed E-state index contributed by atoms with van der Waals surface area (Å²) in [6, 6.07) is 5.75. The summed E-state index contributed by atoms with van der Waals surface area (Å²) in [5, 5.41) is 3.17. The number of rotatable bonds is 3. The number of aryl methyl sites for hydroxylation is 1. The molecule has 0 aliphatic rings. The van der Waals surface area contributed by atoms with Crippen LogP contribution in [0.1, 0.15) is 12.5 Å². The molecule has 1 aromatic rings. The van der Waals surface area contributed by atoms with Gasteiger partial charge in [-0.25, -0.2) is 0 Å². The first-order valence-corrected chi connectivity index (χ1v) is 5.95. The molecule has 0 radical (unpaired) electrons.